The molecular weight excluding hydrogens is 238 g/mol. The van der Waals surface area contributed by atoms with Gasteiger partial charge in [0.2, 0.25) is 0 Å². The Morgan fingerprint density at radius 3 is 2.32 bits per heavy atom. The van der Waals surface area contributed by atoms with Crippen LogP contribution < -0.4 is 5.32 Å². The third kappa shape index (κ3) is 3.84. The van der Waals surface area contributed by atoms with Crippen LogP contribution in [0.15, 0.2) is 30.3 Å². The molecule has 0 bridgehead atoms. The second-order valence-corrected chi connectivity index (χ2v) is 5.58. The summed E-state index contributed by atoms with van der Waals surface area (Å²) in [5, 5.41) is 12.4. The zero-order valence-electron chi connectivity index (χ0n) is 11.9. The Balaban J connectivity index is 2.63. The number of benzene rings is 1. The molecule has 0 unspecified atom stereocenters. The maximum Gasteiger partial charge on any atom is 0.310 e. The van der Waals surface area contributed by atoms with Gasteiger partial charge in [0.1, 0.15) is 0 Å². The monoisotopic (exact) mass is 259 g/mol. The van der Waals surface area contributed by atoms with Crippen molar-refractivity contribution in [2.24, 2.45) is 5.41 Å². The summed E-state index contributed by atoms with van der Waals surface area (Å²) < 4.78 is 0. The van der Waals surface area contributed by atoms with Gasteiger partial charge in [-0.2, -0.15) is 0 Å². The van der Waals surface area contributed by atoms with E-state index >= 15 is 0 Å². The van der Waals surface area contributed by atoms with Gasteiger partial charge >= 0.3 is 5.97 Å². The zero-order chi connectivity index (χ0) is 14.5. The van der Waals surface area contributed by atoms with Crippen molar-refractivity contribution in [2.75, 3.05) is 6.54 Å². The van der Waals surface area contributed by atoms with Crippen LogP contribution in [0.4, 0.5) is 0 Å². The third-order valence-electron chi connectivity index (χ3n) is 3.72. The summed E-state index contributed by atoms with van der Waals surface area (Å²) in [5.74, 6) is 5.23. The average Bonchev–Trinajstić information content (AvgIpc) is 2.35. The summed E-state index contributed by atoms with van der Waals surface area (Å²) in [7, 11) is 0. The first kappa shape index (κ1) is 15.3. The summed E-state index contributed by atoms with van der Waals surface area (Å²) in [6.07, 6.45) is 0. The smallest absolute Gasteiger partial charge is 0.310 e. The maximum atomic E-state index is 11.2. The molecule has 0 spiro atoms. The van der Waals surface area contributed by atoms with Crippen LogP contribution in [0.5, 0.6) is 0 Å². The molecule has 0 aliphatic heterocycles. The molecule has 0 atom stereocenters. The Bertz CT molecular complexity index is 492. The Kier molecular flexibility index (Phi) is 4.74. The number of carboxylic acids is 1. The molecule has 0 fully saturated rings. The molecule has 2 N–H and O–H groups in total. The van der Waals surface area contributed by atoms with E-state index in [9.17, 15) is 9.90 Å². The van der Waals surface area contributed by atoms with Gasteiger partial charge in [-0.15, -0.1) is 0 Å². The van der Waals surface area contributed by atoms with E-state index in [1.54, 1.807) is 13.8 Å². The first-order valence-electron chi connectivity index (χ1n) is 6.30. The summed E-state index contributed by atoms with van der Waals surface area (Å²) in [4.78, 5) is 11.2. The van der Waals surface area contributed by atoms with Crippen molar-refractivity contribution in [1.82, 2.24) is 5.32 Å². The van der Waals surface area contributed by atoms with Crippen LogP contribution in [-0.2, 0) is 4.79 Å². The molecule has 0 aliphatic rings. The number of nitrogens with one attached hydrogen (secondary N) is 1. The van der Waals surface area contributed by atoms with Gasteiger partial charge in [-0.25, -0.2) is 0 Å². The lowest BCUT2D eigenvalue weighted by molar-refractivity contribution is -0.151. The van der Waals surface area contributed by atoms with Crippen LogP contribution in [-0.4, -0.2) is 23.2 Å². The molecule has 1 aromatic rings. The van der Waals surface area contributed by atoms with Crippen molar-refractivity contribution in [2.45, 2.75) is 33.2 Å². The Morgan fingerprint density at radius 1 is 1.21 bits per heavy atom. The van der Waals surface area contributed by atoms with Crippen molar-refractivity contribution >= 4 is 5.97 Å². The minimum Gasteiger partial charge on any atom is -0.481 e. The van der Waals surface area contributed by atoms with Gasteiger partial charge in [-0.1, -0.05) is 30.0 Å². The van der Waals surface area contributed by atoms with Gasteiger partial charge in [0.15, 0.2) is 0 Å². The van der Waals surface area contributed by atoms with Crippen LogP contribution in [0.2, 0.25) is 0 Å². The van der Waals surface area contributed by atoms with E-state index in [0.717, 1.165) is 5.56 Å². The van der Waals surface area contributed by atoms with E-state index in [2.05, 4.69) is 17.2 Å². The van der Waals surface area contributed by atoms with Crippen LogP contribution in [0.1, 0.15) is 33.3 Å². The maximum absolute atomic E-state index is 11.2. The average molecular weight is 259 g/mol. The molecule has 1 rings (SSSR count). The lowest BCUT2D eigenvalue weighted by atomic mass is 9.74. The molecular formula is C16H21NO2. The van der Waals surface area contributed by atoms with Crippen molar-refractivity contribution in [3.63, 3.8) is 0 Å². The largest absolute Gasteiger partial charge is 0.481 e. The molecule has 1 aromatic carbocycles. The second kappa shape index (κ2) is 5.90. The Hall–Kier alpha value is -1.79. The van der Waals surface area contributed by atoms with Crippen LogP contribution in [0, 0.1) is 17.3 Å². The quantitative estimate of drug-likeness (QED) is 0.817. The van der Waals surface area contributed by atoms with Gasteiger partial charge in [0, 0.05) is 11.1 Å². The first-order valence-corrected chi connectivity index (χ1v) is 6.30. The fourth-order valence-corrected chi connectivity index (χ4v) is 1.42. The second-order valence-electron chi connectivity index (χ2n) is 5.58. The molecule has 0 radical (unpaired) electrons. The highest BCUT2D eigenvalue weighted by atomic mass is 16.4. The topological polar surface area (TPSA) is 49.3 Å². The molecule has 0 heterocycles. The van der Waals surface area contributed by atoms with Crippen molar-refractivity contribution in [3.8, 4) is 11.8 Å². The van der Waals surface area contributed by atoms with E-state index in [1.807, 2.05) is 44.2 Å². The fraction of sp³-hybridized carbons (Fsp3) is 0.438. The van der Waals surface area contributed by atoms with E-state index in [1.165, 1.54) is 0 Å². The predicted molar refractivity (Wildman–Crippen MR) is 76.8 cm³/mol. The molecule has 3 heteroatoms. The highest BCUT2D eigenvalue weighted by Gasteiger charge is 2.42. The van der Waals surface area contributed by atoms with E-state index < -0.39 is 16.9 Å². The van der Waals surface area contributed by atoms with Crippen molar-refractivity contribution in [3.05, 3.63) is 35.9 Å². The van der Waals surface area contributed by atoms with E-state index in [0.29, 0.717) is 6.54 Å². The number of carbonyl (C=O) groups is 1. The lowest BCUT2D eigenvalue weighted by Crippen LogP contribution is -2.55. The van der Waals surface area contributed by atoms with Crippen molar-refractivity contribution < 1.29 is 9.90 Å². The normalized spacial score (nSPS) is 11.6. The minimum absolute atomic E-state index is 0.457. The highest BCUT2D eigenvalue weighted by Crippen LogP contribution is 2.30. The Morgan fingerprint density at radius 2 is 1.79 bits per heavy atom. The highest BCUT2D eigenvalue weighted by molar-refractivity contribution is 5.75. The molecule has 102 valence electrons. The van der Waals surface area contributed by atoms with E-state index in [4.69, 9.17) is 0 Å². The molecule has 0 saturated heterocycles. The summed E-state index contributed by atoms with van der Waals surface area (Å²) in [5.41, 5.74) is -0.439. The molecule has 0 aliphatic carbocycles. The van der Waals surface area contributed by atoms with Gasteiger partial charge in [-0.3, -0.25) is 4.79 Å². The van der Waals surface area contributed by atoms with Gasteiger partial charge < -0.3 is 10.4 Å². The number of carboxylic acid groups (broad SMARTS) is 1. The van der Waals surface area contributed by atoms with Crippen LogP contribution in [0.3, 0.4) is 0 Å². The molecule has 0 amide bonds. The van der Waals surface area contributed by atoms with Crippen LogP contribution >= 0.6 is 0 Å². The fourth-order valence-electron chi connectivity index (χ4n) is 1.42. The molecule has 19 heavy (non-hydrogen) atoms. The number of rotatable bonds is 4. The standard InChI is InChI=1S/C16H21NO2/c1-15(2,14(18)19)16(3,4)17-12-8-11-13-9-6-5-7-10-13/h5-7,9-10,17H,12H2,1-4H3,(H,18,19). The number of hydrogen-bond donors (Lipinski definition) is 2. The van der Waals surface area contributed by atoms with Crippen LogP contribution in [0.25, 0.3) is 0 Å². The molecule has 3 nitrogen and oxygen atoms in total. The molecule has 0 aromatic heterocycles. The number of hydrogen-bond acceptors (Lipinski definition) is 2. The van der Waals surface area contributed by atoms with Crippen molar-refractivity contribution in [1.29, 1.82) is 0 Å². The summed E-state index contributed by atoms with van der Waals surface area (Å²) in [6.45, 7) is 7.65. The lowest BCUT2D eigenvalue weighted by Gasteiger charge is -2.38. The Labute approximate surface area is 115 Å². The SMILES string of the molecule is CC(C)(NCC#Cc1ccccc1)C(C)(C)C(=O)O. The number of aliphatic carboxylic acids is 1. The minimum atomic E-state index is -0.860. The van der Waals surface area contributed by atoms with E-state index in [-0.39, 0.29) is 0 Å². The summed E-state index contributed by atoms with van der Waals surface area (Å²) in [6, 6.07) is 9.71. The predicted octanol–water partition coefficient (Wildman–Crippen LogP) is 2.52. The third-order valence-corrected chi connectivity index (χ3v) is 3.72. The first-order chi connectivity index (χ1) is 8.77. The van der Waals surface area contributed by atoms with Gasteiger partial charge in [0.05, 0.1) is 12.0 Å². The summed E-state index contributed by atoms with van der Waals surface area (Å²) >= 11 is 0. The zero-order valence-corrected chi connectivity index (χ0v) is 11.9. The molecule has 0 saturated carbocycles. The van der Waals surface area contributed by atoms with Gasteiger partial charge in [0.25, 0.3) is 0 Å². The van der Waals surface area contributed by atoms with Gasteiger partial charge in [-0.05, 0) is 39.8 Å².